The highest BCUT2D eigenvalue weighted by Gasteiger charge is 2.22. The number of hydrogen-bond donors (Lipinski definition) is 0. The monoisotopic (exact) mass is 438 g/mol. The fourth-order valence-electron chi connectivity index (χ4n) is 3.95. The molecule has 3 aromatic heterocycles. The fourth-order valence-corrected chi connectivity index (χ4v) is 3.95. The Hall–Kier alpha value is -4.07. The summed E-state index contributed by atoms with van der Waals surface area (Å²) in [4.78, 5) is 18.5. The van der Waals surface area contributed by atoms with Crippen LogP contribution in [0, 0.1) is 0 Å². The zero-order chi connectivity index (χ0) is 22.6. The van der Waals surface area contributed by atoms with Crippen LogP contribution in [0.1, 0.15) is 30.3 Å². The van der Waals surface area contributed by atoms with Crippen LogP contribution in [-0.2, 0) is 26.6 Å². The molecule has 0 radical (unpaired) electrons. The summed E-state index contributed by atoms with van der Waals surface area (Å²) in [6, 6.07) is 20.9. The molecule has 0 saturated carbocycles. The van der Waals surface area contributed by atoms with Crippen molar-refractivity contribution in [2.45, 2.75) is 32.9 Å². The number of anilines is 1. The summed E-state index contributed by atoms with van der Waals surface area (Å²) in [5.74, 6) is 2.25. The number of fused-ring (bicyclic) bond motifs is 1. The van der Waals surface area contributed by atoms with Gasteiger partial charge in [0.1, 0.15) is 5.82 Å². The van der Waals surface area contributed by atoms with E-state index in [1.165, 1.54) is 15.9 Å². The zero-order valence-corrected chi connectivity index (χ0v) is 18.8. The third-order valence-corrected chi connectivity index (χ3v) is 5.53. The molecule has 0 unspecified atom stereocenters. The SMILES string of the molecule is CCCc1nc(N(Cc2ccccc2)Cc2ccccc2)c2nc(-n3nccn3)n(C)c2n1. The Balaban J connectivity index is 1.67. The van der Waals surface area contributed by atoms with E-state index in [2.05, 4.69) is 70.6 Å². The Kier molecular flexibility index (Phi) is 5.80. The molecule has 33 heavy (non-hydrogen) atoms. The number of aromatic nitrogens is 7. The molecule has 0 spiro atoms. The van der Waals surface area contributed by atoms with Crippen molar-refractivity contribution in [2.75, 3.05) is 4.90 Å². The van der Waals surface area contributed by atoms with E-state index in [0.29, 0.717) is 19.0 Å². The topological polar surface area (TPSA) is 77.5 Å². The smallest absolute Gasteiger partial charge is 0.251 e. The molecule has 0 aliphatic rings. The van der Waals surface area contributed by atoms with Crippen LogP contribution in [0.3, 0.4) is 0 Å². The summed E-state index contributed by atoms with van der Waals surface area (Å²) in [5.41, 5.74) is 3.95. The van der Waals surface area contributed by atoms with Crippen LogP contribution in [0.4, 0.5) is 5.82 Å². The third-order valence-electron chi connectivity index (χ3n) is 5.53. The number of hydrogen-bond acceptors (Lipinski definition) is 6. The van der Waals surface area contributed by atoms with Gasteiger partial charge in [0, 0.05) is 26.6 Å². The highest BCUT2D eigenvalue weighted by atomic mass is 15.5. The molecule has 0 bridgehead atoms. The molecule has 0 aliphatic carbocycles. The van der Waals surface area contributed by atoms with Gasteiger partial charge in [0.15, 0.2) is 17.0 Å². The standard InChI is InChI=1S/C25H26N8/c1-3-10-21-28-23-22(30-25(31(23)2)33-26-15-16-27-33)24(29-21)32(17-19-11-6-4-7-12-19)18-20-13-8-5-9-14-20/h4-9,11-16H,3,10,17-18H2,1-2H3. The average Bonchev–Trinajstić information content (AvgIpc) is 3.48. The fraction of sp³-hybridized carbons (Fsp3) is 0.240. The van der Waals surface area contributed by atoms with Crippen LogP contribution < -0.4 is 4.90 Å². The first kappa shape index (κ1) is 20.8. The maximum absolute atomic E-state index is 5.01. The highest BCUT2D eigenvalue weighted by molar-refractivity contribution is 5.85. The van der Waals surface area contributed by atoms with Crippen LogP contribution >= 0.6 is 0 Å². The highest BCUT2D eigenvalue weighted by Crippen LogP contribution is 2.28. The van der Waals surface area contributed by atoms with Gasteiger partial charge in [-0.2, -0.15) is 10.2 Å². The Morgan fingerprint density at radius 3 is 1.97 bits per heavy atom. The van der Waals surface area contributed by atoms with Crippen LogP contribution in [0.15, 0.2) is 73.1 Å². The van der Waals surface area contributed by atoms with E-state index in [-0.39, 0.29) is 0 Å². The van der Waals surface area contributed by atoms with E-state index in [4.69, 9.17) is 15.0 Å². The Morgan fingerprint density at radius 2 is 1.39 bits per heavy atom. The largest absolute Gasteiger partial charge is 0.346 e. The van der Waals surface area contributed by atoms with Crippen molar-refractivity contribution >= 4 is 17.0 Å². The van der Waals surface area contributed by atoms with E-state index < -0.39 is 0 Å². The van der Waals surface area contributed by atoms with E-state index in [0.717, 1.165) is 35.6 Å². The molecule has 0 atom stereocenters. The van der Waals surface area contributed by atoms with Crippen LogP contribution in [0.2, 0.25) is 0 Å². The van der Waals surface area contributed by atoms with Gasteiger partial charge >= 0.3 is 0 Å². The van der Waals surface area contributed by atoms with Crippen LogP contribution in [0.25, 0.3) is 17.1 Å². The first-order chi connectivity index (χ1) is 16.2. The summed E-state index contributed by atoms with van der Waals surface area (Å²) < 4.78 is 1.93. The number of aryl methyl sites for hydroxylation is 2. The summed E-state index contributed by atoms with van der Waals surface area (Å²) in [6.07, 6.45) is 5.05. The van der Waals surface area contributed by atoms with Gasteiger partial charge in [-0.15, -0.1) is 4.80 Å². The lowest BCUT2D eigenvalue weighted by Gasteiger charge is -2.25. The van der Waals surface area contributed by atoms with E-state index in [1.54, 1.807) is 12.4 Å². The van der Waals surface area contributed by atoms with Crippen molar-refractivity contribution in [3.8, 4) is 5.95 Å². The summed E-state index contributed by atoms with van der Waals surface area (Å²) in [7, 11) is 1.94. The van der Waals surface area contributed by atoms with E-state index in [9.17, 15) is 0 Å². The lowest BCUT2D eigenvalue weighted by atomic mass is 10.1. The normalized spacial score (nSPS) is 11.2. The molecule has 5 aromatic rings. The van der Waals surface area contributed by atoms with Crippen LogP contribution in [0.5, 0.6) is 0 Å². The number of imidazole rings is 1. The maximum Gasteiger partial charge on any atom is 0.251 e. The van der Waals surface area contributed by atoms with Gasteiger partial charge in [0.05, 0.1) is 12.4 Å². The van der Waals surface area contributed by atoms with Crippen molar-refractivity contribution in [3.05, 3.63) is 90.0 Å². The lowest BCUT2D eigenvalue weighted by Crippen LogP contribution is -2.24. The van der Waals surface area contributed by atoms with Crippen molar-refractivity contribution in [1.82, 2.24) is 34.5 Å². The van der Waals surface area contributed by atoms with Crippen LogP contribution in [-0.4, -0.2) is 34.5 Å². The second-order valence-corrected chi connectivity index (χ2v) is 8.00. The number of benzene rings is 2. The predicted octanol–water partition coefficient (Wildman–Crippen LogP) is 4.10. The Morgan fingerprint density at radius 1 is 0.788 bits per heavy atom. The first-order valence-corrected chi connectivity index (χ1v) is 11.2. The Labute approximate surface area is 192 Å². The van der Waals surface area contributed by atoms with Gasteiger partial charge in [0.25, 0.3) is 5.95 Å². The van der Waals surface area contributed by atoms with Gasteiger partial charge in [-0.25, -0.2) is 15.0 Å². The minimum absolute atomic E-state index is 0.610. The first-order valence-electron chi connectivity index (χ1n) is 11.2. The van der Waals surface area contributed by atoms with E-state index in [1.807, 2.05) is 23.7 Å². The molecule has 0 saturated heterocycles. The van der Waals surface area contributed by atoms with Gasteiger partial charge in [-0.1, -0.05) is 67.6 Å². The summed E-state index contributed by atoms with van der Waals surface area (Å²) in [5, 5.41) is 8.54. The van der Waals surface area contributed by atoms with Crippen molar-refractivity contribution in [2.24, 2.45) is 7.05 Å². The second kappa shape index (κ2) is 9.20. The number of rotatable bonds is 8. The average molecular weight is 439 g/mol. The summed E-state index contributed by atoms with van der Waals surface area (Å²) >= 11 is 0. The molecule has 0 N–H and O–H groups in total. The lowest BCUT2D eigenvalue weighted by molar-refractivity contribution is 0.674. The summed E-state index contributed by atoms with van der Waals surface area (Å²) in [6.45, 7) is 3.56. The molecular weight excluding hydrogens is 412 g/mol. The minimum Gasteiger partial charge on any atom is -0.346 e. The predicted molar refractivity (Wildman–Crippen MR) is 128 cm³/mol. The molecule has 8 heteroatoms. The third kappa shape index (κ3) is 4.32. The second-order valence-electron chi connectivity index (χ2n) is 8.00. The molecule has 166 valence electrons. The molecule has 0 amide bonds. The molecule has 3 heterocycles. The molecule has 8 nitrogen and oxygen atoms in total. The molecule has 0 fully saturated rings. The van der Waals surface area contributed by atoms with E-state index >= 15 is 0 Å². The maximum atomic E-state index is 5.01. The van der Waals surface area contributed by atoms with Gasteiger partial charge < -0.3 is 4.90 Å². The molecule has 2 aromatic carbocycles. The van der Waals surface area contributed by atoms with Gasteiger partial charge in [-0.3, -0.25) is 4.57 Å². The van der Waals surface area contributed by atoms with Crippen molar-refractivity contribution < 1.29 is 0 Å². The molecule has 0 aliphatic heterocycles. The minimum atomic E-state index is 0.610. The zero-order valence-electron chi connectivity index (χ0n) is 18.8. The van der Waals surface area contributed by atoms with Gasteiger partial charge in [-0.05, 0) is 17.5 Å². The van der Waals surface area contributed by atoms with Crippen molar-refractivity contribution in [1.29, 1.82) is 0 Å². The molecular formula is C25H26N8. The Bertz CT molecular complexity index is 1290. The quantitative estimate of drug-likeness (QED) is 0.363. The van der Waals surface area contributed by atoms with Gasteiger partial charge in [0.2, 0.25) is 0 Å². The van der Waals surface area contributed by atoms with Crippen molar-refractivity contribution in [3.63, 3.8) is 0 Å². The molecule has 5 rings (SSSR count). The number of nitrogens with zero attached hydrogens (tertiary/aromatic N) is 8.